The number of hydrogen-bond acceptors (Lipinski definition) is 6. The molecule has 6 heteroatoms. The van der Waals surface area contributed by atoms with E-state index in [4.69, 9.17) is 9.98 Å². The third kappa shape index (κ3) is 3.15. The molecule has 1 aromatic carbocycles. The lowest BCUT2D eigenvalue weighted by Gasteiger charge is -2.20. The Labute approximate surface area is 145 Å². The first-order valence-electron chi connectivity index (χ1n) is 7.83. The topological polar surface area (TPSA) is 40.0 Å². The van der Waals surface area contributed by atoms with Crippen LogP contribution in [0.25, 0.3) is 0 Å². The highest BCUT2D eigenvalue weighted by atomic mass is 32.2. The van der Waals surface area contributed by atoms with E-state index in [1.54, 1.807) is 23.5 Å². The molecule has 1 N–H and O–H groups in total. The summed E-state index contributed by atoms with van der Waals surface area (Å²) in [5.74, 6) is 0.940. The summed E-state index contributed by atoms with van der Waals surface area (Å²) >= 11 is 3.53. The van der Waals surface area contributed by atoms with Crippen LogP contribution < -0.4 is 5.32 Å². The van der Waals surface area contributed by atoms with E-state index in [0.717, 1.165) is 29.2 Å². The summed E-state index contributed by atoms with van der Waals surface area (Å²) < 4.78 is 0. The molecule has 0 spiro atoms. The number of hydrogen-bond donors (Lipinski definition) is 1. The zero-order valence-electron chi connectivity index (χ0n) is 13.3. The number of amidine groups is 2. The molecule has 1 atom stereocenters. The van der Waals surface area contributed by atoms with E-state index in [-0.39, 0.29) is 11.6 Å². The standard InChI is InChI=1S/C17H20N4S2/c1-17(2)11-21-13(10-23-16(21)20-17)9-22-15-18-8-14(19-15)12-6-4-3-5-7-12/h3-7,10,14H,8-9,11H2,1-2H3,(H,18,19). The zero-order chi connectivity index (χ0) is 15.9. The summed E-state index contributed by atoms with van der Waals surface area (Å²) in [4.78, 5) is 11.9. The van der Waals surface area contributed by atoms with Crippen LogP contribution in [0.4, 0.5) is 0 Å². The lowest BCUT2D eigenvalue weighted by atomic mass is 10.1. The number of nitrogens with zero attached hydrogens (tertiary/aromatic N) is 3. The molecule has 0 aliphatic carbocycles. The van der Waals surface area contributed by atoms with Crippen molar-refractivity contribution in [2.45, 2.75) is 25.4 Å². The average molecular weight is 345 g/mol. The molecule has 0 bridgehead atoms. The number of benzene rings is 1. The fourth-order valence-electron chi connectivity index (χ4n) is 2.93. The van der Waals surface area contributed by atoms with E-state index in [1.165, 1.54) is 11.3 Å². The monoisotopic (exact) mass is 344 g/mol. The SMILES string of the molecule is CC1(C)CN2C(CSC3=NC(c4ccccc4)CN3)=CSC2=N1. The van der Waals surface area contributed by atoms with Gasteiger partial charge in [-0.05, 0) is 24.8 Å². The van der Waals surface area contributed by atoms with Crippen molar-refractivity contribution >= 4 is 33.9 Å². The lowest BCUT2D eigenvalue weighted by molar-refractivity contribution is 0.436. The van der Waals surface area contributed by atoms with Crippen molar-refractivity contribution < 1.29 is 0 Å². The molecule has 0 fully saturated rings. The fourth-order valence-corrected chi connectivity index (χ4v) is 5.01. The molecule has 3 aliphatic heterocycles. The van der Waals surface area contributed by atoms with E-state index in [2.05, 4.69) is 53.7 Å². The summed E-state index contributed by atoms with van der Waals surface area (Å²) in [5.41, 5.74) is 2.66. The number of fused-ring (bicyclic) bond motifs is 1. The second kappa shape index (κ2) is 5.91. The smallest absolute Gasteiger partial charge is 0.168 e. The largest absolute Gasteiger partial charge is 0.362 e. The van der Waals surface area contributed by atoms with Crippen LogP contribution in [0.2, 0.25) is 0 Å². The van der Waals surface area contributed by atoms with Gasteiger partial charge in [-0.15, -0.1) is 0 Å². The predicted octanol–water partition coefficient (Wildman–Crippen LogP) is 3.46. The predicted molar refractivity (Wildman–Crippen MR) is 101 cm³/mol. The van der Waals surface area contributed by atoms with Crippen LogP contribution in [0.15, 0.2) is 51.4 Å². The minimum Gasteiger partial charge on any atom is -0.362 e. The first-order chi connectivity index (χ1) is 11.1. The van der Waals surface area contributed by atoms with Gasteiger partial charge >= 0.3 is 0 Å². The Morgan fingerprint density at radius 2 is 2.17 bits per heavy atom. The van der Waals surface area contributed by atoms with Crippen molar-refractivity contribution in [1.29, 1.82) is 0 Å². The van der Waals surface area contributed by atoms with Gasteiger partial charge in [0.15, 0.2) is 10.3 Å². The number of aliphatic imine (C=N–C) groups is 2. The van der Waals surface area contributed by atoms with Gasteiger partial charge in [-0.2, -0.15) is 0 Å². The molecule has 1 aromatic rings. The molecule has 1 unspecified atom stereocenters. The van der Waals surface area contributed by atoms with Gasteiger partial charge in [0.1, 0.15) is 0 Å². The zero-order valence-corrected chi connectivity index (χ0v) is 15.0. The first-order valence-corrected chi connectivity index (χ1v) is 9.70. The molecule has 0 aromatic heterocycles. The fraction of sp³-hybridized carbons (Fsp3) is 0.412. The Morgan fingerprint density at radius 3 is 3.00 bits per heavy atom. The van der Waals surface area contributed by atoms with E-state index in [0.29, 0.717) is 0 Å². The van der Waals surface area contributed by atoms with Crippen LogP contribution >= 0.6 is 23.5 Å². The van der Waals surface area contributed by atoms with Crippen molar-refractivity contribution in [3.63, 3.8) is 0 Å². The average Bonchev–Trinajstić information content (AvgIpc) is 3.20. The maximum atomic E-state index is 4.82. The van der Waals surface area contributed by atoms with E-state index >= 15 is 0 Å². The van der Waals surface area contributed by atoms with Gasteiger partial charge in [0, 0.05) is 24.5 Å². The maximum absolute atomic E-state index is 4.82. The van der Waals surface area contributed by atoms with Gasteiger partial charge in [0.05, 0.1) is 11.6 Å². The van der Waals surface area contributed by atoms with Gasteiger partial charge in [0.25, 0.3) is 0 Å². The molecule has 0 saturated heterocycles. The van der Waals surface area contributed by atoms with Gasteiger partial charge in [-0.25, -0.2) is 0 Å². The Morgan fingerprint density at radius 1 is 1.35 bits per heavy atom. The van der Waals surface area contributed by atoms with Gasteiger partial charge in [-0.1, -0.05) is 53.9 Å². The molecule has 3 heterocycles. The first kappa shape index (κ1) is 15.1. The van der Waals surface area contributed by atoms with Crippen molar-refractivity contribution in [1.82, 2.24) is 10.2 Å². The van der Waals surface area contributed by atoms with Crippen molar-refractivity contribution in [3.8, 4) is 0 Å². The molecule has 0 amide bonds. The van der Waals surface area contributed by atoms with Crippen LogP contribution in [-0.4, -0.2) is 39.6 Å². The minimum atomic E-state index is 0.0358. The number of thioether (sulfide) groups is 2. The third-order valence-corrected chi connectivity index (χ3v) is 5.96. The second-order valence-corrected chi connectivity index (χ2v) is 8.35. The van der Waals surface area contributed by atoms with Crippen molar-refractivity contribution in [2.24, 2.45) is 9.98 Å². The molecule has 120 valence electrons. The summed E-state index contributed by atoms with van der Waals surface area (Å²) in [6, 6.07) is 10.7. The summed E-state index contributed by atoms with van der Waals surface area (Å²) in [7, 11) is 0. The van der Waals surface area contributed by atoms with Gasteiger partial charge in [-0.3, -0.25) is 9.98 Å². The Bertz CT molecular complexity index is 694. The highest BCUT2D eigenvalue weighted by molar-refractivity contribution is 8.17. The minimum absolute atomic E-state index is 0.0358. The highest BCUT2D eigenvalue weighted by Crippen LogP contribution is 2.36. The third-order valence-electron chi connectivity index (χ3n) is 4.08. The molecule has 0 radical (unpaired) electrons. The van der Waals surface area contributed by atoms with Crippen LogP contribution in [-0.2, 0) is 0 Å². The van der Waals surface area contributed by atoms with Gasteiger partial charge < -0.3 is 10.2 Å². The lowest BCUT2D eigenvalue weighted by Crippen LogP contribution is -2.30. The van der Waals surface area contributed by atoms with Crippen LogP contribution in [0, 0.1) is 0 Å². The molecule has 4 rings (SSSR count). The molecule has 4 nitrogen and oxygen atoms in total. The Kier molecular flexibility index (Phi) is 3.89. The van der Waals surface area contributed by atoms with Crippen molar-refractivity contribution in [3.05, 3.63) is 47.0 Å². The molecular weight excluding hydrogens is 324 g/mol. The van der Waals surface area contributed by atoms with Gasteiger partial charge in [0.2, 0.25) is 0 Å². The number of nitrogens with one attached hydrogen (secondary N) is 1. The second-order valence-electron chi connectivity index (χ2n) is 6.55. The van der Waals surface area contributed by atoms with E-state index < -0.39 is 0 Å². The van der Waals surface area contributed by atoms with Crippen LogP contribution in [0.3, 0.4) is 0 Å². The Hall–Kier alpha value is -1.40. The summed E-state index contributed by atoms with van der Waals surface area (Å²) in [5, 5.41) is 7.86. The summed E-state index contributed by atoms with van der Waals surface area (Å²) in [6.07, 6.45) is 0. The van der Waals surface area contributed by atoms with Crippen LogP contribution in [0.5, 0.6) is 0 Å². The molecule has 0 saturated carbocycles. The number of rotatable bonds is 3. The summed E-state index contributed by atoms with van der Waals surface area (Å²) in [6.45, 7) is 6.26. The Balaban J connectivity index is 1.37. The molecule has 3 aliphatic rings. The molecule has 23 heavy (non-hydrogen) atoms. The maximum Gasteiger partial charge on any atom is 0.168 e. The van der Waals surface area contributed by atoms with E-state index in [9.17, 15) is 0 Å². The molecular formula is C17H20N4S2. The van der Waals surface area contributed by atoms with Crippen molar-refractivity contribution in [2.75, 3.05) is 18.8 Å². The normalized spacial score (nSPS) is 24.9. The quantitative estimate of drug-likeness (QED) is 0.912. The highest BCUT2D eigenvalue weighted by Gasteiger charge is 2.36. The van der Waals surface area contributed by atoms with Crippen LogP contribution in [0.1, 0.15) is 25.5 Å². The van der Waals surface area contributed by atoms with E-state index in [1.807, 2.05) is 6.07 Å².